The summed E-state index contributed by atoms with van der Waals surface area (Å²) in [5.41, 5.74) is 17.0. The third-order valence-corrected chi connectivity index (χ3v) is 14.6. The maximum atomic E-state index is 5.16. The van der Waals surface area contributed by atoms with Crippen LogP contribution >= 0.6 is 0 Å². The zero-order valence-corrected chi connectivity index (χ0v) is 45.7. The van der Waals surface area contributed by atoms with Crippen molar-refractivity contribution in [2.45, 2.75) is 66.2 Å². The van der Waals surface area contributed by atoms with Gasteiger partial charge in [0, 0.05) is 67.9 Å². The van der Waals surface area contributed by atoms with E-state index in [1.54, 1.807) is 4.90 Å². The minimum atomic E-state index is 0.383. The van der Waals surface area contributed by atoms with Crippen LogP contribution in [0.3, 0.4) is 0 Å². The maximum Gasteiger partial charge on any atom is 0.243 e. The fourth-order valence-electron chi connectivity index (χ4n) is 10.2. The Morgan fingerprint density at radius 3 is 0.812 bits per heavy atom. The van der Waals surface area contributed by atoms with Crippen molar-refractivity contribution in [3.63, 3.8) is 0 Å². The molecule has 10 nitrogen and oxygen atoms in total. The molecule has 0 saturated heterocycles. The van der Waals surface area contributed by atoms with Crippen LogP contribution in [0.5, 0.6) is 0 Å². The molecule has 3 heterocycles. The average molecular weight is 1040 g/mol. The van der Waals surface area contributed by atoms with E-state index in [0.717, 1.165) is 80.7 Å². The van der Waals surface area contributed by atoms with Crippen LogP contribution in [-0.2, 0) is 12.8 Å². The second kappa shape index (κ2) is 23.0. The van der Waals surface area contributed by atoms with Crippen molar-refractivity contribution in [1.82, 2.24) is 4.90 Å². The molecule has 392 valence electrons. The van der Waals surface area contributed by atoms with Crippen LogP contribution in [0, 0.1) is 13.8 Å². The van der Waals surface area contributed by atoms with Crippen LogP contribution in [0.4, 0.5) is 51.2 Å². The summed E-state index contributed by atoms with van der Waals surface area (Å²) in [4.78, 5) is 39.5. The molecule has 3 aliphatic rings. The lowest BCUT2D eigenvalue weighted by molar-refractivity contribution is 0.795. The standard InChI is InChI=1S/C70H62N10/c1-5-7-15-51-25-39-60(40-26-51)78(57-19-13-10-14-20-57)63-45-31-54(32-46-63)66-73-68-71-65(53-29-43-62(44-30-53)77(56-17-11-9-12-18-56)58-35-21-49(3)22-36-58)72-69-75-67(76-70(74-66)80(68)69)55-33-47-64(48-34-55)79(59-37-23-50(4)24-38-59)61-41-27-52(28-42-61)16-8-6-2/h9-14,17-48H,5-8,15-16H2,1-4H3. The Balaban J connectivity index is 0.920. The van der Waals surface area contributed by atoms with Gasteiger partial charge in [-0.2, -0.15) is 30.0 Å². The Labute approximate surface area is 469 Å². The van der Waals surface area contributed by atoms with Crippen LogP contribution in [0.15, 0.2) is 260 Å². The topological polar surface area (TPSA) is 87.1 Å². The molecule has 9 aromatic rings. The molecule has 0 spiro atoms. The SMILES string of the molecule is CCCCc1ccc(N(c2ccccc2)c2ccc(C3=NC4=NC(c5ccc(N(c6ccc(C)cc6)c6ccc(CCCC)cc6)cc5)=NC5=NC(c6ccc(N(c7ccccc7)c7ccc(C)cc7)cc6)=NC(=N3)N54)cc2)cc1. The molecule has 0 atom stereocenters. The lowest BCUT2D eigenvalue weighted by Crippen LogP contribution is -2.48. The lowest BCUT2D eigenvalue weighted by Gasteiger charge is -2.31. The van der Waals surface area contributed by atoms with Crippen molar-refractivity contribution in [3.8, 4) is 0 Å². The first-order chi connectivity index (χ1) is 39.3. The first kappa shape index (κ1) is 51.0. The summed E-state index contributed by atoms with van der Waals surface area (Å²) >= 11 is 0. The number of unbranched alkanes of at least 4 members (excludes halogenated alkanes) is 2. The van der Waals surface area contributed by atoms with E-state index in [-0.39, 0.29) is 0 Å². The number of aliphatic imine (C=N–C) groups is 6. The van der Waals surface area contributed by atoms with Crippen molar-refractivity contribution in [2.75, 3.05) is 14.7 Å². The first-order valence-electron chi connectivity index (χ1n) is 27.8. The number of anilines is 9. The molecule has 80 heavy (non-hydrogen) atoms. The molecule has 0 aromatic heterocycles. The van der Waals surface area contributed by atoms with E-state index in [0.29, 0.717) is 35.4 Å². The van der Waals surface area contributed by atoms with Crippen LogP contribution in [0.2, 0.25) is 0 Å². The first-order valence-corrected chi connectivity index (χ1v) is 27.8. The van der Waals surface area contributed by atoms with Gasteiger partial charge >= 0.3 is 0 Å². The van der Waals surface area contributed by atoms with E-state index < -0.39 is 0 Å². The summed E-state index contributed by atoms with van der Waals surface area (Å²) in [6, 6.07) is 81.1. The van der Waals surface area contributed by atoms with Gasteiger partial charge in [-0.15, -0.1) is 0 Å². The second-order valence-corrected chi connectivity index (χ2v) is 20.4. The normalized spacial score (nSPS) is 13.5. The third-order valence-electron chi connectivity index (χ3n) is 14.6. The number of hydrogen-bond acceptors (Lipinski definition) is 10. The van der Waals surface area contributed by atoms with Gasteiger partial charge in [-0.3, -0.25) is 0 Å². The smallest absolute Gasteiger partial charge is 0.243 e. The molecule has 0 fully saturated rings. The Morgan fingerprint density at radius 2 is 0.537 bits per heavy atom. The summed E-state index contributed by atoms with van der Waals surface area (Å²) in [5.74, 6) is 2.60. The highest BCUT2D eigenvalue weighted by Gasteiger charge is 2.36. The zero-order chi connectivity index (χ0) is 54.4. The van der Waals surface area contributed by atoms with Gasteiger partial charge in [-0.25, -0.2) is 4.90 Å². The zero-order valence-electron chi connectivity index (χ0n) is 45.7. The Hall–Kier alpha value is -9.80. The predicted molar refractivity (Wildman–Crippen MR) is 334 cm³/mol. The fourth-order valence-corrected chi connectivity index (χ4v) is 10.2. The van der Waals surface area contributed by atoms with Gasteiger partial charge in [0.15, 0.2) is 17.5 Å². The molecular weight excluding hydrogens is 981 g/mol. The molecule has 0 amide bonds. The Bertz CT molecular complexity index is 3810. The number of para-hydroxylation sites is 2. The van der Waals surface area contributed by atoms with Crippen LogP contribution in [0.25, 0.3) is 0 Å². The fraction of sp³-hybridized carbons (Fsp3) is 0.143. The van der Waals surface area contributed by atoms with Gasteiger partial charge in [-0.05, 0) is 196 Å². The molecule has 12 rings (SSSR count). The number of rotatable bonds is 18. The summed E-state index contributed by atoms with van der Waals surface area (Å²) in [6.07, 6.45) is 6.80. The van der Waals surface area contributed by atoms with E-state index in [4.69, 9.17) is 30.0 Å². The van der Waals surface area contributed by atoms with Gasteiger partial charge in [0.25, 0.3) is 0 Å². The number of guanidine groups is 3. The minimum absolute atomic E-state index is 0.383. The quantitative estimate of drug-likeness (QED) is 0.0857. The summed E-state index contributed by atoms with van der Waals surface area (Å²) in [5, 5.41) is 0. The number of aryl methyl sites for hydroxylation is 4. The maximum absolute atomic E-state index is 5.16. The summed E-state index contributed by atoms with van der Waals surface area (Å²) < 4.78 is 0. The average Bonchev–Trinajstić information content (AvgIpc) is 3.65. The minimum Gasteiger partial charge on any atom is -0.311 e. The van der Waals surface area contributed by atoms with Crippen molar-refractivity contribution in [2.24, 2.45) is 30.0 Å². The molecule has 0 saturated carbocycles. The van der Waals surface area contributed by atoms with Crippen LogP contribution in [-0.4, -0.2) is 40.3 Å². The van der Waals surface area contributed by atoms with Crippen molar-refractivity contribution in [3.05, 3.63) is 269 Å². The summed E-state index contributed by atoms with van der Waals surface area (Å²) in [6.45, 7) is 8.69. The van der Waals surface area contributed by atoms with Gasteiger partial charge in [0.2, 0.25) is 17.9 Å². The molecule has 0 bridgehead atoms. The molecule has 0 aliphatic carbocycles. The van der Waals surface area contributed by atoms with Crippen molar-refractivity contribution in [1.29, 1.82) is 0 Å². The van der Waals surface area contributed by atoms with E-state index >= 15 is 0 Å². The van der Waals surface area contributed by atoms with E-state index in [2.05, 4.69) is 261 Å². The highest BCUT2D eigenvalue weighted by atomic mass is 15.5. The Kier molecular flexibility index (Phi) is 14.7. The lowest BCUT2D eigenvalue weighted by atomic mass is 10.1. The highest BCUT2D eigenvalue weighted by molar-refractivity contribution is 6.34. The number of benzene rings is 9. The van der Waals surface area contributed by atoms with Gasteiger partial charge in [-0.1, -0.05) is 123 Å². The predicted octanol–water partition coefficient (Wildman–Crippen LogP) is 17.4. The molecule has 0 radical (unpaired) electrons. The van der Waals surface area contributed by atoms with Crippen LogP contribution in [0.1, 0.15) is 78.5 Å². The van der Waals surface area contributed by atoms with Crippen molar-refractivity contribution < 1.29 is 0 Å². The van der Waals surface area contributed by atoms with E-state index in [9.17, 15) is 0 Å². The molecule has 3 aliphatic heterocycles. The molecular formula is C70H62N10. The number of amidine groups is 3. The van der Waals surface area contributed by atoms with Gasteiger partial charge in [0.05, 0.1) is 0 Å². The molecule has 0 N–H and O–H groups in total. The number of nitrogens with zero attached hydrogens (tertiary/aromatic N) is 10. The highest BCUT2D eigenvalue weighted by Crippen LogP contribution is 2.39. The molecule has 9 aromatic carbocycles. The number of hydrogen-bond donors (Lipinski definition) is 0. The van der Waals surface area contributed by atoms with E-state index in [1.165, 1.54) is 47.9 Å². The Morgan fingerprint density at radius 1 is 0.287 bits per heavy atom. The van der Waals surface area contributed by atoms with Crippen LogP contribution < -0.4 is 14.7 Å². The monoisotopic (exact) mass is 1040 g/mol. The second-order valence-electron chi connectivity index (χ2n) is 20.4. The summed E-state index contributed by atoms with van der Waals surface area (Å²) in [7, 11) is 0. The van der Waals surface area contributed by atoms with Gasteiger partial charge in [0.1, 0.15) is 0 Å². The third kappa shape index (κ3) is 10.9. The van der Waals surface area contributed by atoms with Crippen molar-refractivity contribution >= 4 is 86.6 Å². The van der Waals surface area contributed by atoms with E-state index in [1.807, 2.05) is 12.1 Å². The largest absolute Gasteiger partial charge is 0.311 e. The molecule has 10 heteroatoms. The molecule has 0 unspecified atom stereocenters. The van der Waals surface area contributed by atoms with Gasteiger partial charge < -0.3 is 14.7 Å².